The second kappa shape index (κ2) is 4.11. The molecule has 0 aliphatic rings. The number of ether oxygens (including phenoxy) is 1. The highest BCUT2D eigenvalue weighted by Gasteiger charge is 2.18. The van der Waals surface area contributed by atoms with Crippen LogP contribution in [0.2, 0.25) is 0 Å². The molecule has 0 saturated carbocycles. The fourth-order valence-corrected chi connectivity index (χ4v) is 2.22. The van der Waals surface area contributed by atoms with E-state index in [4.69, 9.17) is 9.84 Å². The maximum atomic E-state index is 10.7. The zero-order chi connectivity index (χ0) is 10.0. The van der Waals surface area contributed by atoms with Crippen molar-refractivity contribution in [3.63, 3.8) is 0 Å². The van der Waals surface area contributed by atoms with Crippen LogP contribution in [0.4, 0.5) is 0 Å². The largest absolute Gasteiger partial charge is 0.488 e. The van der Waals surface area contributed by atoms with Crippen LogP contribution >= 0.6 is 27.3 Å². The van der Waals surface area contributed by atoms with Gasteiger partial charge in [-0.25, -0.2) is 4.79 Å². The molecular formula is C8H9BrO3S. The third-order valence-corrected chi connectivity index (χ3v) is 3.09. The Morgan fingerprint density at radius 2 is 2.31 bits per heavy atom. The molecule has 0 aliphatic heterocycles. The van der Waals surface area contributed by atoms with Gasteiger partial charge in [0.15, 0.2) is 10.6 Å². The predicted molar refractivity (Wildman–Crippen MR) is 54.7 cm³/mol. The van der Waals surface area contributed by atoms with Gasteiger partial charge in [0.1, 0.15) is 0 Å². The topological polar surface area (TPSA) is 46.5 Å². The normalized spacial score (nSPS) is 10.5. The lowest BCUT2D eigenvalue weighted by molar-refractivity contribution is 0.0696. The second-order valence-corrected chi connectivity index (χ2v) is 4.45. The van der Waals surface area contributed by atoms with E-state index >= 15 is 0 Å². The third-order valence-electron chi connectivity index (χ3n) is 1.25. The predicted octanol–water partition coefficient (Wildman–Crippen LogP) is 3.00. The molecule has 0 saturated heterocycles. The number of thiophene rings is 1. The van der Waals surface area contributed by atoms with Gasteiger partial charge >= 0.3 is 5.97 Å². The minimum atomic E-state index is -0.952. The molecule has 0 bridgehead atoms. The second-order valence-electron chi connectivity index (χ2n) is 2.71. The van der Waals surface area contributed by atoms with Crippen molar-refractivity contribution in [1.29, 1.82) is 0 Å². The van der Waals surface area contributed by atoms with E-state index in [1.54, 1.807) is 5.38 Å². The molecule has 5 heteroatoms. The lowest BCUT2D eigenvalue weighted by atomic mass is 10.4. The van der Waals surface area contributed by atoms with E-state index in [0.29, 0.717) is 10.2 Å². The van der Waals surface area contributed by atoms with E-state index in [1.807, 2.05) is 13.8 Å². The molecule has 1 N–H and O–H groups in total. The highest BCUT2D eigenvalue weighted by molar-refractivity contribution is 9.10. The van der Waals surface area contributed by atoms with E-state index in [-0.39, 0.29) is 11.0 Å². The molecule has 0 unspecified atom stereocenters. The summed E-state index contributed by atoms with van der Waals surface area (Å²) in [5.41, 5.74) is 0. The number of aromatic carboxylic acids is 1. The lowest BCUT2D eigenvalue weighted by Gasteiger charge is -2.09. The van der Waals surface area contributed by atoms with Crippen molar-refractivity contribution in [1.82, 2.24) is 0 Å². The van der Waals surface area contributed by atoms with Crippen molar-refractivity contribution in [3.8, 4) is 5.75 Å². The van der Waals surface area contributed by atoms with Crippen LogP contribution < -0.4 is 4.74 Å². The van der Waals surface area contributed by atoms with Crippen LogP contribution in [0.3, 0.4) is 0 Å². The first-order valence-corrected chi connectivity index (χ1v) is 5.36. The summed E-state index contributed by atoms with van der Waals surface area (Å²) in [6, 6.07) is 0. The minimum absolute atomic E-state index is 0.0241. The summed E-state index contributed by atoms with van der Waals surface area (Å²) in [6.07, 6.45) is -0.0241. The van der Waals surface area contributed by atoms with Gasteiger partial charge in [0, 0.05) is 5.38 Å². The molecule has 0 amide bonds. The van der Waals surface area contributed by atoms with Gasteiger partial charge in [0.2, 0.25) is 0 Å². The summed E-state index contributed by atoms with van der Waals surface area (Å²) in [6.45, 7) is 3.71. The number of hydrogen-bond acceptors (Lipinski definition) is 3. The monoisotopic (exact) mass is 264 g/mol. The van der Waals surface area contributed by atoms with Gasteiger partial charge in [-0.15, -0.1) is 11.3 Å². The molecule has 3 nitrogen and oxygen atoms in total. The van der Waals surface area contributed by atoms with Crippen molar-refractivity contribution in [2.24, 2.45) is 0 Å². The number of rotatable bonds is 3. The zero-order valence-corrected chi connectivity index (χ0v) is 9.61. The van der Waals surface area contributed by atoms with Crippen LogP contribution in [0, 0.1) is 0 Å². The molecule has 0 spiro atoms. The fourth-order valence-electron chi connectivity index (χ4n) is 0.819. The molecule has 0 aliphatic carbocycles. The highest BCUT2D eigenvalue weighted by Crippen LogP contribution is 2.35. The Bertz CT molecular complexity index is 319. The van der Waals surface area contributed by atoms with Crippen molar-refractivity contribution in [2.45, 2.75) is 20.0 Å². The summed E-state index contributed by atoms with van der Waals surface area (Å²) in [5.74, 6) is -0.529. The summed E-state index contributed by atoms with van der Waals surface area (Å²) < 4.78 is 6.06. The summed E-state index contributed by atoms with van der Waals surface area (Å²) in [5, 5.41) is 10.5. The van der Waals surface area contributed by atoms with Gasteiger partial charge in [-0.2, -0.15) is 0 Å². The summed E-state index contributed by atoms with van der Waals surface area (Å²) in [7, 11) is 0. The SMILES string of the molecule is CC(C)Oc1c(Br)csc1C(=O)O. The molecule has 1 aromatic heterocycles. The van der Waals surface area contributed by atoms with E-state index in [2.05, 4.69) is 15.9 Å². The quantitative estimate of drug-likeness (QED) is 0.913. The fraction of sp³-hybridized carbons (Fsp3) is 0.375. The third kappa shape index (κ3) is 2.45. The highest BCUT2D eigenvalue weighted by atomic mass is 79.9. The number of carbonyl (C=O) groups is 1. The standard InChI is InChI=1S/C8H9BrO3S/c1-4(2)12-6-5(9)3-13-7(6)8(10)11/h3-4H,1-2H3,(H,10,11). The average molecular weight is 265 g/mol. The van der Waals surface area contributed by atoms with Gasteiger partial charge < -0.3 is 9.84 Å². The van der Waals surface area contributed by atoms with Crippen LogP contribution in [0.5, 0.6) is 5.75 Å². The van der Waals surface area contributed by atoms with Crippen molar-refractivity contribution in [3.05, 3.63) is 14.7 Å². The van der Waals surface area contributed by atoms with Crippen molar-refractivity contribution >= 4 is 33.2 Å². The van der Waals surface area contributed by atoms with Crippen LogP contribution in [0.1, 0.15) is 23.5 Å². The Morgan fingerprint density at radius 3 is 2.77 bits per heavy atom. The molecule has 1 rings (SSSR count). The Labute approximate surface area is 88.5 Å². The Balaban J connectivity index is 3.01. The van der Waals surface area contributed by atoms with Gasteiger partial charge in [0.25, 0.3) is 0 Å². The first kappa shape index (κ1) is 10.5. The van der Waals surface area contributed by atoms with Crippen LogP contribution in [0.15, 0.2) is 9.85 Å². The molecule has 13 heavy (non-hydrogen) atoms. The van der Waals surface area contributed by atoms with Crippen molar-refractivity contribution in [2.75, 3.05) is 0 Å². The number of carboxylic acids is 1. The minimum Gasteiger partial charge on any atom is -0.488 e. The van der Waals surface area contributed by atoms with Gasteiger partial charge in [0.05, 0.1) is 10.6 Å². The summed E-state index contributed by atoms with van der Waals surface area (Å²) in [4.78, 5) is 11.0. The smallest absolute Gasteiger partial charge is 0.349 e. The van der Waals surface area contributed by atoms with E-state index in [1.165, 1.54) is 0 Å². The van der Waals surface area contributed by atoms with Gasteiger partial charge in [-0.05, 0) is 29.8 Å². The molecule has 0 fully saturated rings. The Morgan fingerprint density at radius 1 is 1.69 bits per heavy atom. The van der Waals surface area contributed by atoms with E-state index in [0.717, 1.165) is 11.3 Å². The first-order valence-electron chi connectivity index (χ1n) is 3.69. The van der Waals surface area contributed by atoms with Crippen LogP contribution in [-0.2, 0) is 0 Å². The van der Waals surface area contributed by atoms with E-state index in [9.17, 15) is 4.79 Å². The van der Waals surface area contributed by atoms with Gasteiger partial charge in [-0.3, -0.25) is 0 Å². The maximum Gasteiger partial charge on any atom is 0.349 e. The van der Waals surface area contributed by atoms with Crippen molar-refractivity contribution < 1.29 is 14.6 Å². The molecule has 0 radical (unpaired) electrons. The Kier molecular flexibility index (Phi) is 3.33. The number of halogens is 1. The molecule has 0 aromatic carbocycles. The van der Waals surface area contributed by atoms with Crippen LogP contribution in [-0.4, -0.2) is 17.2 Å². The molecule has 1 heterocycles. The maximum absolute atomic E-state index is 10.7. The van der Waals surface area contributed by atoms with E-state index < -0.39 is 5.97 Å². The van der Waals surface area contributed by atoms with Gasteiger partial charge in [-0.1, -0.05) is 0 Å². The Hall–Kier alpha value is -0.550. The summed E-state index contributed by atoms with van der Waals surface area (Å²) >= 11 is 4.39. The number of carboxylic acid groups (broad SMARTS) is 1. The number of hydrogen-bond donors (Lipinski definition) is 1. The lowest BCUT2D eigenvalue weighted by Crippen LogP contribution is -2.08. The molecule has 72 valence electrons. The first-order chi connectivity index (χ1) is 6.02. The zero-order valence-electron chi connectivity index (χ0n) is 7.20. The average Bonchev–Trinajstić information content (AvgIpc) is 2.32. The molecule has 1 aromatic rings. The molecular weight excluding hydrogens is 256 g/mol. The molecule has 0 atom stereocenters. The van der Waals surface area contributed by atoms with Crippen LogP contribution in [0.25, 0.3) is 0 Å².